The molecule has 0 saturated heterocycles. The van der Waals surface area contributed by atoms with E-state index in [0.29, 0.717) is 0 Å². The maximum absolute atomic E-state index is 10.8. The van der Waals surface area contributed by atoms with Crippen molar-refractivity contribution in [1.82, 2.24) is 0 Å². The van der Waals surface area contributed by atoms with Gasteiger partial charge >= 0.3 is 101 Å². The number of carbonyl (C=O) groups is 1. The Bertz CT molecular complexity index is 525. The van der Waals surface area contributed by atoms with Gasteiger partial charge in [-0.1, -0.05) is 0 Å². The maximum atomic E-state index is 10.8. The Morgan fingerprint density at radius 3 is 2.59 bits per heavy atom. The average Bonchev–Trinajstić information content (AvgIpc) is 2.28. The molecule has 0 heterocycles. The van der Waals surface area contributed by atoms with E-state index in [1.807, 2.05) is 0 Å². The molecular formula is C8H7NO6PS-. The first-order valence-electron chi connectivity index (χ1n) is 4.12. The van der Waals surface area contributed by atoms with Gasteiger partial charge in [0.05, 0.1) is 0 Å². The minimum absolute atomic E-state index is 0.0564. The molecule has 7 nitrogen and oxygen atoms in total. The van der Waals surface area contributed by atoms with Crippen LogP contribution in [0.2, 0.25) is 0 Å². The van der Waals surface area contributed by atoms with Gasteiger partial charge in [-0.25, -0.2) is 0 Å². The number of benzene rings is 1. The summed E-state index contributed by atoms with van der Waals surface area (Å²) < 4.78 is 9.84. The van der Waals surface area contributed by atoms with Gasteiger partial charge in [-0.2, -0.15) is 0 Å². The Morgan fingerprint density at radius 1 is 1.53 bits per heavy atom. The second-order valence-corrected chi connectivity index (χ2v) is 3.59. The second kappa shape index (κ2) is 5.70. The molecule has 0 amide bonds. The number of hydrogen-bond acceptors (Lipinski definition) is 6. The Morgan fingerprint density at radius 2 is 2.18 bits per heavy atom. The summed E-state index contributed by atoms with van der Waals surface area (Å²) in [5.41, 5.74) is -1.03. The number of hydrogen-bond donors (Lipinski definition) is 1. The van der Waals surface area contributed by atoms with Gasteiger partial charge in [0.1, 0.15) is 0 Å². The predicted octanol–water partition coefficient (Wildman–Crippen LogP) is 1.74. The third-order valence-electron chi connectivity index (χ3n) is 1.85. The summed E-state index contributed by atoms with van der Waals surface area (Å²) in [5, 5.41) is 19.5. The molecule has 0 spiro atoms. The molecule has 0 atom stereocenters. The normalized spacial score (nSPS) is 9.65. The van der Waals surface area contributed by atoms with Crippen LogP contribution in [0.1, 0.15) is 10.4 Å². The van der Waals surface area contributed by atoms with Crippen molar-refractivity contribution in [2.75, 3.05) is 7.11 Å². The van der Waals surface area contributed by atoms with Crippen LogP contribution in [0.3, 0.4) is 0 Å². The van der Waals surface area contributed by atoms with Crippen LogP contribution in [-0.4, -0.2) is 23.1 Å². The number of nitro benzene ring substituents is 1. The van der Waals surface area contributed by atoms with E-state index in [4.69, 9.17) is 14.0 Å². The van der Waals surface area contributed by atoms with Gasteiger partial charge in [0, 0.05) is 0 Å². The van der Waals surface area contributed by atoms with E-state index in [2.05, 4.69) is 7.81 Å². The first-order chi connectivity index (χ1) is 8.01. The number of aromatic carboxylic acids is 1. The molecule has 0 bridgehead atoms. The summed E-state index contributed by atoms with van der Waals surface area (Å²) in [6.45, 7) is 0. The zero-order chi connectivity index (χ0) is 13.0. The molecule has 17 heavy (non-hydrogen) atoms. The predicted molar refractivity (Wildman–Crippen MR) is 62.9 cm³/mol. The van der Waals surface area contributed by atoms with E-state index >= 15 is 0 Å². The van der Waals surface area contributed by atoms with Gasteiger partial charge in [-0.3, -0.25) is 0 Å². The van der Waals surface area contributed by atoms with Crippen molar-refractivity contribution in [1.29, 1.82) is 0 Å². The van der Waals surface area contributed by atoms with Crippen LogP contribution >= 0.6 is 7.81 Å². The minimum atomic E-state index is -1.41. The first-order valence-corrected chi connectivity index (χ1v) is 6.09. The van der Waals surface area contributed by atoms with Crippen LogP contribution in [0, 0.1) is 10.1 Å². The van der Waals surface area contributed by atoms with Crippen molar-refractivity contribution in [2.45, 2.75) is 0 Å². The van der Waals surface area contributed by atoms with Crippen molar-refractivity contribution < 1.29 is 23.7 Å². The molecule has 0 fully saturated rings. The van der Waals surface area contributed by atoms with Crippen LogP contribution in [0.25, 0.3) is 0 Å². The van der Waals surface area contributed by atoms with E-state index in [9.17, 15) is 14.9 Å². The summed E-state index contributed by atoms with van der Waals surface area (Å²) in [6.07, 6.45) is 0. The van der Waals surface area contributed by atoms with Crippen molar-refractivity contribution in [3.63, 3.8) is 0 Å². The molecule has 0 aliphatic heterocycles. The molecule has 0 aliphatic carbocycles. The van der Waals surface area contributed by atoms with Crippen LogP contribution in [0.5, 0.6) is 11.5 Å². The number of carboxylic acid groups (broad SMARTS) is 1. The monoisotopic (exact) mass is 276 g/mol. The standard InChI is InChI=1S/C8H7NO6PS/c1-14-6-2-4(8(10)11)5(9(12)13)3-7(6)15-17-16/h2-3,17H,1H3,(H,10,11)/q-1. The Labute approximate surface area is 101 Å². The molecule has 0 aromatic heterocycles. The van der Waals surface area contributed by atoms with Crippen LogP contribution in [0.15, 0.2) is 12.1 Å². The fraction of sp³-hybridized carbons (Fsp3) is 0.125. The number of methoxy groups -OCH3 is 1. The van der Waals surface area contributed by atoms with E-state index in [1.165, 1.54) is 7.11 Å². The Balaban J connectivity index is 3.48. The van der Waals surface area contributed by atoms with E-state index < -0.39 is 22.1 Å². The van der Waals surface area contributed by atoms with E-state index in [1.54, 1.807) is 0 Å². The fourth-order valence-corrected chi connectivity index (χ4v) is 1.64. The summed E-state index contributed by atoms with van der Waals surface area (Å²) in [7, 11) is 5.08. The quantitative estimate of drug-likeness (QED) is 0.295. The number of rotatable bonds is 4. The number of nitro groups is 1. The van der Waals surface area contributed by atoms with Crippen molar-refractivity contribution in [2.24, 2.45) is 0 Å². The summed E-state index contributed by atoms with van der Waals surface area (Å²) in [6, 6.07) is 2.03. The Hall–Kier alpha value is -1.53. The van der Waals surface area contributed by atoms with Gasteiger partial charge < -0.3 is 0 Å². The van der Waals surface area contributed by atoms with Crippen LogP contribution < -0.4 is 8.92 Å². The van der Waals surface area contributed by atoms with Gasteiger partial charge in [0.25, 0.3) is 0 Å². The number of ether oxygens (including phenoxy) is 1. The summed E-state index contributed by atoms with van der Waals surface area (Å²) in [5.74, 6) is -1.26. The molecule has 1 rings (SSSR count). The molecule has 0 saturated carbocycles. The summed E-state index contributed by atoms with van der Waals surface area (Å²) in [4.78, 5) is 20.8. The zero-order valence-electron chi connectivity index (χ0n) is 8.48. The molecule has 92 valence electrons. The molecule has 1 aromatic carbocycles. The van der Waals surface area contributed by atoms with Crippen LogP contribution in [-0.2, 0) is 11.0 Å². The Kier molecular flexibility index (Phi) is 4.53. The average molecular weight is 276 g/mol. The molecule has 1 N–H and O–H groups in total. The van der Waals surface area contributed by atoms with Gasteiger partial charge in [-0.05, 0) is 0 Å². The second-order valence-electron chi connectivity index (χ2n) is 2.76. The van der Waals surface area contributed by atoms with E-state index in [0.717, 1.165) is 12.1 Å². The fourth-order valence-electron chi connectivity index (χ4n) is 1.15. The number of carboxylic acids is 1. The van der Waals surface area contributed by atoms with Gasteiger partial charge in [0.2, 0.25) is 0 Å². The molecule has 1 aromatic rings. The van der Waals surface area contributed by atoms with Crippen molar-refractivity contribution in [3.05, 3.63) is 27.8 Å². The molecule has 0 unspecified atom stereocenters. The van der Waals surface area contributed by atoms with Crippen LogP contribution in [0.4, 0.5) is 5.69 Å². The molecule has 0 radical (unpaired) electrons. The van der Waals surface area contributed by atoms with Gasteiger partial charge in [0.15, 0.2) is 0 Å². The SMILES string of the molecule is COc1cc(C(=O)O)c([N+](=O)[O-])cc1O[SH-]#P. The summed E-state index contributed by atoms with van der Waals surface area (Å²) >= 11 is 0.212. The first kappa shape index (κ1) is 13.5. The molecular weight excluding hydrogens is 269 g/mol. The molecule has 9 heteroatoms. The van der Waals surface area contributed by atoms with Crippen molar-refractivity contribution in [3.8, 4) is 11.5 Å². The molecule has 0 aliphatic rings. The number of thiol groups is 1. The third-order valence-corrected chi connectivity index (χ3v) is 2.37. The topological polar surface area (TPSA) is 98.9 Å². The number of nitrogens with zero attached hydrogens (tertiary/aromatic N) is 1. The zero-order valence-corrected chi connectivity index (χ0v) is 10.3. The third kappa shape index (κ3) is 2.98. The van der Waals surface area contributed by atoms with Gasteiger partial charge in [-0.15, -0.1) is 0 Å². The van der Waals surface area contributed by atoms with Crippen molar-refractivity contribution >= 4 is 30.5 Å². The van der Waals surface area contributed by atoms with E-state index in [-0.39, 0.29) is 22.5 Å².